The molecule has 0 unspecified atom stereocenters. The Balaban J connectivity index is 2.24. The zero-order chi connectivity index (χ0) is 14.5. The van der Waals surface area contributed by atoms with Crippen LogP contribution in [0.5, 0.6) is 5.75 Å². The molecule has 0 aliphatic heterocycles. The second-order valence-corrected chi connectivity index (χ2v) is 4.34. The van der Waals surface area contributed by atoms with Gasteiger partial charge in [-0.15, -0.1) is 0 Å². The van der Waals surface area contributed by atoms with Gasteiger partial charge in [0.05, 0.1) is 12.2 Å². The number of para-hydroxylation sites is 1. The Labute approximate surface area is 117 Å². The number of rotatable bonds is 4. The Bertz CT molecular complexity index is 626. The Morgan fingerprint density at radius 3 is 2.70 bits per heavy atom. The molecule has 0 spiro atoms. The number of aryl methyl sites for hydroxylation is 1. The molecular weight excluding hydrogens is 257 g/mol. The van der Waals surface area contributed by atoms with Crippen LogP contribution in [-0.2, 0) is 0 Å². The normalized spacial score (nSPS) is 10.2. The molecule has 0 fully saturated rings. The third kappa shape index (κ3) is 3.15. The van der Waals surface area contributed by atoms with Gasteiger partial charge < -0.3 is 10.1 Å². The zero-order valence-electron chi connectivity index (χ0n) is 11.4. The van der Waals surface area contributed by atoms with E-state index in [1.54, 1.807) is 31.2 Å². The van der Waals surface area contributed by atoms with Crippen LogP contribution in [0.15, 0.2) is 42.5 Å². The first kappa shape index (κ1) is 14.1. The standard InChI is InChI=1S/C16H16FNO2/c1-3-20-15-7-5-4-6-13(15)16(19)18-14-9-8-12(17)10-11(14)2/h4-10H,3H2,1-2H3,(H,18,19). The summed E-state index contributed by atoms with van der Waals surface area (Å²) in [5, 5.41) is 2.77. The van der Waals surface area contributed by atoms with Gasteiger partial charge in [-0.2, -0.15) is 0 Å². The van der Waals surface area contributed by atoms with Crippen molar-refractivity contribution in [3.63, 3.8) is 0 Å². The van der Waals surface area contributed by atoms with Gasteiger partial charge in [0.2, 0.25) is 0 Å². The monoisotopic (exact) mass is 273 g/mol. The van der Waals surface area contributed by atoms with Gasteiger partial charge in [-0.05, 0) is 49.7 Å². The molecule has 0 saturated heterocycles. The number of amides is 1. The van der Waals surface area contributed by atoms with E-state index in [0.29, 0.717) is 29.2 Å². The quantitative estimate of drug-likeness (QED) is 0.920. The predicted octanol–water partition coefficient (Wildman–Crippen LogP) is 3.79. The van der Waals surface area contributed by atoms with Gasteiger partial charge in [0.25, 0.3) is 5.91 Å². The first-order chi connectivity index (χ1) is 9.61. The van der Waals surface area contributed by atoms with Crippen LogP contribution in [0.4, 0.5) is 10.1 Å². The van der Waals surface area contributed by atoms with E-state index in [2.05, 4.69) is 5.32 Å². The Morgan fingerprint density at radius 1 is 1.25 bits per heavy atom. The average Bonchev–Trinajstić information content (AvgIpc) is 2.43. The van der Waals surface area contributed by atoms with Crippen LogP contribution in [0.2, 0.25) is 0 Å². The van der Waals surface area contributed by atoms with Crippen molar-refractivity contribution in [2.24, 2.45) is 0 Å². The lowest BCUT2D eigenvalue weighted by molar-refractivity contribution is 0.102. The molecule has 20 heavy (non-hydrogen) atoms. The molecule has 1 N–H and O–H groups in total. The predicted molar refractivity (Wildman–Crippen MR) is 76.7 cm³/mol. The van der Waals surface area contributed by atoms with Crippen LogP contribution < -0.4 is 10.1 Å². The molecule has 4 heteroatoms. The highest BCUT2D eigenvalue weighted by Crippen LogP contribution is 2.21. The molecule has 0 aliphatic rings. The minimum absolute atomic E-state index is 0.274. The molecular formula is C16H16FNO2. The largest absolute Gasteiger partial charge is 0.493 e. The van der Waals surface area contributed by atoms with Gasteiger partial charge in [0, 0.05) is 5.69 Å². The minimum Gasteiger partial charge on any atom is -0.493 e. The lowest BCUT2D eigenvalue weighted by Crippen LogP contribution is -2.14. The maximum Gasteiger partial charge on any atom is 0.259 e. The highest BCUT2D eigenvalue weighted by Gasteiger charge is 2.13. The summed E-state index contributed by atoms with van der Waals surface area (Å²) in [6, 6.07) is 11.3. The van der Waals surface area contributed by atoms with Crippen molar-refractivity contribution in [3.8, 4) is 5.75 Å². The molecule has 0 radical (unpaired) electrons. The number of ether oxygens (including phenoxy) is 1. The first-order valence-electron chi connectivity index (χ1n) is 6.41. The SMILES string of the molecule is CCOc1ccccc1C(=O)Nc1ccc(F)cc1C. The van der Waals surface area contributed by atoms with Crippen molar-refractivity contribution in [1.82, 2.24) is 0 Å². The summed E-state index contributed by atoms with van der Waals surface area (Å²) in [5.41, 5.74) is 1.72. The van der Waals surface area contributed by atoms with Gasteiger partial charge >= 0.3 is 0 Å². The van der Waals surface area contributed by atoms with E-state index in [-0.39, 0.29) is 11.7 Å². The van der Waals surface area contributed by atoms with Crippen LogP contribution in [0, 0.1) is 12.7 Å². The van der Waals surface area contributed by atoms with E-state index < -0.39 is 0 Å². The number of hydrogen-bond acceptors (Lipinski definition) is 2. The van der Waals surface area contributed by atoms with Crippen LogP contribution in [0.25, 0.3) is 0 Å². The fraction of sp³-hybridized carbons (Fsp3) is 0.188. The second-order valence-electron chi connectivity index (χ2n) is 4.34. The topological polar surface area (TPSA) is 38.3 Å². The van der Waals surface area contributed by atoms with Gasteiger partial charge in [-0.3, -0.25) is 4.79 Å². The Hall–Kier alpha value is -2.36. The summed E-state index contributed by atoms with van der Waals surface area (Å²) in [6.07, 6.45) is 0. The first-order valence-corrected chi connectivity index (χ1v) is 6.41. The molecule has 2 aromatic carbocycles. The number of anilines is 1. The molecule has 2 aromatic rings. The molecule has 0 aliphatic carbocycles. The third-order valence-electron chi connectivity index (χ3n) is 2.87. The minimum atomic E-state index is -0.324. The van der Waals surface area contributed by atoms with Gasteiger partial charge in [-0.25, -0.2) is 4.39 Å². The van der Waals surface area contributed by atoms with Gasteiger partial charge in [-0.1, -0.05) is 12.1 Å². The zero-order valence-corrected chi connectivity index (χ0v) is 11.4. The van der Waals surface area contributed by atoms with Crippen LogP contribution in [0.1, 0.15) is 22.8 Å². The summed E-state index contributed by atoms with van der Waals surface area (Å²) in [6.45, 7) is 4.09. The van der Waals surface area contributed by atoms with E-state index in [0.717, 1.165) is 0 Å². The van der Waals surface area contributed by atoms with Crippen LogP contribution in [-0.4, -0.2) is 12.5 Å². The smallest absolute Gasteiger partial charge is 0.259 e. The molecule has 0 saturated carbocycles. The van der Waals surface area contributed by atoms with Gasteiger partial charge in [0.1, 0.15) is 11.6 Å². The fourth-order valence-corrected chi connectivity index (χ4v) is 1.89. The number of halogens is 1. The van der Waals surface area contributed by atoms with Crippen LogP contribution in [0.3, 0.4) is 0 Å². The number of hydrogen-bond donors (Lipinski definition) is 1. The number of carbonyl (C=O) groups is 1. The molecule has 1 amide bonds. The molecule has 0 bridgehead atoms. The fourth-order valence-electron chi connectivity index (χ4n) is 1.89. The molecule has 0 aromatic heterocycles. The maximum atomic E-state index is 13.0. The number of carbonyl (C=O) groups excluding carboxylic acids is 1. The third-order valence-corrected chi connectivity index (χ3v) is 2.87. The average molecular weight is 273 g/mol. The van der Waals surface area contributed by atoms with Crippen molar-refractivity contribution in [2.45, 2.75) is 13.8 Å². The van der Waals surface area contributed by atoms with E-state index in [4.69, 9.17) is 4.74 Å². The second kappa shape index (κ2) is 6.19. The summed E-state index contributed by atoms with van der Waals surface area (Å²) in [4.78, 5) is 12.3. The van der Waals surface area contributed by atoms with E-state index in [9.17, 15) is 9.18 Å². The Kier molecular flexibility index (Phi) is 4.35. The Morgan fingerprint density at radius 2 is 2.00 bits per heavy atom. The summed E-state index contributed by atoms with van der Waals surface area (Å²) in [5.74, 6) is -0.0637. The van der Waals surface area contributed by atoms with Crippen LogP contribution >= 0.6 is 0 Å². The highest BCUT2D eigenvalue weighted by molar-refractivity contribution is 6.06. The highest BCUT2D eigenvalue weighted by atomic mass is 19.1. The maximum absolute atomic E-state index is 13.0. The van der Waals surface area contributed by atoms with E-state index in [1.807, 2.05) is 13.0 Å². The van der Waals surface area contributed by atoms with Crippen molar-refractivity contribution in [1.29, 1.82) is 0 Å². The molecule has 0 heterocycles. The van der Waals surface area contributed by atoms with Gasteiger partial charge in [0.15, 0.2) is 0 Å². The number of nitrogens with one attached hydrogen (secondary N) is 1. The van der Waals surface area contributed by atoms with Crippen molar-refractivity contribution in [2.75, 3.05) is 11.9 Å². The summed E-state index contributed by atoms with van der Waals surface area (Å²) >= 11 is 0. The van der Waals surface area contributed by atoms with Crippen molar-refractivity contribution < 1.29 is 13.9 Å². The van der Waals surface area contributed by atoms with E-state index >= 15 is 0 Å². The van der Waals surface area contributed by atoms with Crippen molar-refractivity contribution >= 4 is 11.6 Å². The van der Waals surface area contributed by atoms with Crippen molar-refractivity contribution in [3.05, 3.63) is 59.4 Å². The summed E-state index contributed by atoms with van der Waals surface area (Å²) < 4.78 is 18.5. The summed E-state index contributed by atoms with van der Waals surface area (Å²) in [7, 11) is 0. The lowest BCUT2D eigenvalue weighted by atomic mass is 10.1. The molecule has 104 valence electrons. The molecule has 0 atom stereocenters. The van der Waals surface area contributed by atoms with E-state index in [1.165, 1.54) is 12.1 Å². The molecule has 2 rings (SSSR count). The lowest BCUT2D eigenvalue weighted by Gasteiger charge is -2.11. The number of benzene rings is 2. The molecule has 3 nitrogen and oxygen atoms in total.